The fourth-order valence-corrected chi connectivity index (χ4v) is 2.29. The molecule has 102 valence electrons. The third-order valence-electron chi connectivity index (χ3n) is 3.28. The molecule has 5 nitrogen and oxygen atoms in total. The predicted octanol–water partition coefficient (Wildman–Crippen LogP) is 0.716. The topological polar surface area (TPSA) is 58.6 Å². The van der Waals surface area contributed by atoms with Crippen LogP contribution in [-0.2, 0) is 22.6 Å². The Morgan fingerprint density at radius 3 is 2.89 bits per heavy atom. The predicted molar refractivity (Wildman–Crippen MR) is 70.8 cm³/mol. The molecule has 0 fully saturated rings. The first-order chi connectivity index (χ1) is 9.11. The maximum atomic E-state index is 11.9. The molecule has 2 rings (SSSR count). The van der Waals surface area contributed by atoms with E-state index < -0.39 is 0 Å². The number of methoxy groups -OCH3 is 1. The van der Waals surface area contributed by atoms with Crippen LogP contribution in [0.15, 0.2) is 18.2 Å². The van der Waals surface area contributed by atoms with E-state index in [2.05, 4.69) is 5.32 Å². The van der Waals surface area contributed by atoms with Crippen molar-refractivity contribution in [2.75, 3.05) is 20.2 Å². The number of nitrogens with zero attached hydrogens (tertiary/aromatic N) is 1. The van der Waals surface area contributed by atoms with Crippen LogP contribution in [0.25, 0.3) is 0 Å². The minimum absolute atomic E-state index is 0.0522. The number of carbonyl (C=O) groups excluding carboxylic acids is 2. The lowest BCUT2D eigenvalue weighted by Crippen LogP contribution is -2.42. The first kappa shape index (κ1) is 13.4. The third-order valence-corrected chi connectivity index (χ3v) is 3.28. The lowest BCUT2D eigenvalue weighted by molar-refractivity contribution is -0.133. The highest BCUT2D eigenvalue weighted by molar-refractivity contribution is 5.83. The number of hydrogen-bond donors (Lipinski definition) is 1. The van der Waals surface area contributed by atoms with E-state index in [0.717, 1.165) is 17.7 Å². The molecule has 0 radical (unpaired) electrons. The van der Waals surface area contributed by atoms with Gasteiger partial charge in [0, 0.05) is 25.6 Å². The van der Waals surface area contributed by atoms with E-state index >= 15 is 0 Å². The summed E-state index contributed by atoms with van der Waals surface area (Å²) in [5.74, 6) is 0.641. The van der Waals surface area contributed by atoms with Crippen molar-refractivity contribution in [3.63, 3.8) is 0 Å². The van der Waals surface area contributed by atoms with Gasteiger partial charge < -0.3 is 15.0 Å². The summed E-state index contributed by atoms with van der Waals surface area (Å²) in [5.41, 5.74) is 2.29. The summed E-state index contributed by atoms with van der Waals surface area (Å²) in [7, 11) is 1.66. The van der Waals surface area contributed by atoms with Gasteiger partial charge in [-0.05, 0) is 18.1 Å². The van der Waals surface area contributed by atoms with Crippen molar-refractivity contribution in [1.82, 2.24) is 10.2 Å². The van der Waals surface area contributed by atoms with Crippen LogP contribution >= 0.6 is 0 Å². The highest BCUT2D eigenvalue weighted by Gasteiger charge is 2.22. The van der Waals surface area contributed by atoms with Gasteiger partial charge in [0.05, 0.1) is 13.7 Å². The van der Waals surface area contributed by atoms with Gasteiger partial charge in [0.25, 0.3) is 0 Å². The Kier molecular flexibility index (Phi) is 4.04. The average molecular weight is 262 g/mol. The monoisotopic (exact) mass is 262 g/mol. The normalized spacial score (nSPS) is 13.7. The molecule has 0 saturated heterocycles. The molecule has 0 bridgehead atoms. The molecule has 0 saturated carbocycles. The quantitative estimate of drug-likeness (QED) is 0.873. The highest BCUT2D eigenvalue weighted by Crippen LogP contribution is 2.27. The smallest absolute Gasteiger partial charge is 0.242 e. The summed E-state index contributed by atoms with van der Waals surface area (Å²) in [6.07, 6.45) is 0.783. The summed E-state index contributed by atoms with van der Waals surface area (Å²) in [6, 6.07) is 5.88. The SMILES string of the molecule is COc1cccc2c1CCN(C(=O)CNC(C)=O)C2. The maximum Gasteiger partial charge on any atom is 0.242 e. The zero-order valence-electron chi connectivity index (χ0n) is 11.2. The number of carbonyl (C=O) groups is 2. The second-order valence-electron chi connectivity index (χ2n) is 4.57. The molecular weight excluding hydrogens is 244 g/mol. The molecule has 1 N–H and O–H groups in total. The van der Waals surface area contributed by atoms with Gasteiger partial charge >= 0.3 is 0 Å². The van der Waals surface area contributed by atoms with Crippen LogP contribution in [-0.4, -0.2) is 36.9 Å². The molecule has 1 aliphatic heterocycles. The van der Waals surface area contributed by atoms with Crippen molar-refractivity contribution in [1.29, 1.82) is 0 Å². The van der Waals surface area contributed by atoms with Crippen molar-refractivity contribution >= 4 is 11.8 Å². The van der Waals surface area contributed by atoms with Crippen LogP contribution in [0.1, 0.15) is 18.1 Å². The zero-order chi connectivity index (χ0) is 13.8. The van der Waals surface area contributed by atoms with Gasteiger partial charge in [-0.2, -0.15) is 0 Å². The van der Waals surface area contributed by atoms with E-state index in [1.54, 1.807) is 12.0 Å². The molecule has 1 aliphatic rings. The Hall–Kier alpha value is -2.04. The number of rotatable bonds is 3. The zero-order valence-corrected chi connectivity index (χ0v) is 11.2. The van der Waals surface area contributed by atoms with Gasteiger partial charge in [-0.15, -0.1) is 0 Å². The van der Waals surface area contributed by atoms with Crippen LogP contribution in [0.3, 0.4) is 0 Å². The third kappa shape index (κ3) is 3.05. The van der Waals surface area contributed by atoms with Gasteiger partial charge in [0.15, 0.2) is 0 Å². The van der Waals surface area contributed by atoms with E-state index in [-0.39, 0.29) is 18.4 Å². The Morgan fingerprint density at radius 1 is 1.42 bits per heavy atom. The Morgan fingerprint density at radius 2 is 2.21 bits per heavy atom. The minimum atomic E-state index is -0.188. The number of benzene rings is 1. The molecule has 2 amide bonds. The average Bonchev–Trinajstić information content (AvgIpc) is 2.43. The first-order valence-corrected chi connectivity index (χ1v) is 6.28. The second-order valence-corrected chi connectivity index (χ2v) is 4.57. The molecule has 0 atom stereocenters. The molecule has 0 unspecified atom stereocenters. The Balaban J connectivity index is 2.06. The fourth-order valence-electron chi connectivity index (χ4n) is 2.29. The van der Waals surface area contributed by atoms with Crippen LogP contribution in [0.4, 0.5) is 0 Å². The molecular formula is C14H18N2O3. The standard InChI is InChI=1S/C14H18N2O3/c1-10(17)15-8-14(18)16-7-6-12-11(9-16)4-3-5-13(12)19-2/h3-5H,6-9H2,1-2H3,(H,15,17). The van der Waals surface area contributed by atoms with E-state index in [4.69, 9.17) is 4.74 Å². The molecule has 0 spiro atoms. The minimum Gasteiger partial charge on any atom is -0.496 e. The number of hydrogen-bond acceptors (Lipinski definition) is 3. The van der Waals surface area contributed by atoms with Gasteiger partial charge in [0.2, 0.25) is 11.8 Å². The first-order valence-electron chi connectivity index (χ1n) is 6.28. The van der Waals surface area contributed by atoms with Gasteiger partial charge in [-0.1, -0.05) is 12.1 Å². The van der Waals surface area contributed by atoms with Crippen LogP contribution in [0.2, 0.25) is 0 Å². The summed E-state index contributed by atoms with van der Waals surface area (Å²) >= 11 is 0. The van der Waals surface area contributed by atoms with Gasteiger partial charge in [-0.25, -0.2) is 0 Å². The molecule has 19 heavy (non-hydrogen) atoms. The summed E-state index contributed by atoms with van der Waals surface area (Å²) < 4.78 is 5.33. The lowest BCUT2D eigenvalue weighted by Gasteiger charge is -2.29. The second kappa shape index (κ2) is 5.73. The fraction of sp³-hybridized carbons (Fsp3) is 0.429. The van der Waals surface area contributed by atoms with Gasteiger partial charge in [-0.3, -0.25) is 9.59 Å². The van der Waals surface area contributed by atoms with Crippen molar-refractivity contribution < 1.29 is 14.3 Å². The maximum absolute atomic E-state index is 11.9. The number of ether oxygens (including phenoxy) is 1. The van der Waals surface area contributed by atoms with E-state index in [1.807, 2.05) is 18.2 Å². The van der Waals surface area contributed by atoms with Crippen molar-refractivity contribution in [2.45, 2.75) is 19.9 Å². The summed E-state index contributed by atoms with van der Waals surface area (Å²) in [5, 5.41) is 2.53. The number of amides is 2. The molecule has 0 aromatic heterocycles. The number of fused-ring (bicyclic) bond motifs is 1. The summed E-state index contributed by atoms with van der Waals surface area (Å²) in [6.45, 7) is 2.70. The van der Waals surface area contributed by atoms with Crippen LogP contribution in [0, 0.1) is 0 Å². The van der Waals surface area contributed by atoms with E-state index in [1.165, 1.54) is 12.5 Å². The van der Waals surface area contributed by atoms with Crippen LogP contribution in [0.5, 0.6) is 5.75 Å². The van der Waals surface area contributed by atoms with E-state index in [0.29, 0.717) is 13.1 Å². The Labute approximate surface area is 112 Å². The molecule has 0 aliphatic carbocycles. The Bertz CT molecular complexity index is 499. The molecule has 1 aromatic rings. The van der Waals surface area contributed by atoms with Crippen molar-refractivity contribution in [3.05, 3.63) is 29.3 Å². The van der Waals surface area contributed by atoms with Crippen LogP contribution < -0.4 is 10.1 Å². The number of nitrogens with one attached hydrogen (secondary N) is 1. The molecule has 5 heteroatoms. The van der Waals surface area contributed by atoms with Crippen molar-refractivity contribution in [3.8, 4) is 5.75 Å². The van der Waals surface area contributed by atoms with Crippen molar-refractivity contribution in [2.24, 2.45) is 0 Å². The lowest BCUT2D eigenvalue weighted by atomic mass is 9.98. The van der Waals surface area contributed by atoms with Gasteiger partial charge in [0.1, 0.15) is 5.75 Å². The molecule has 1 aromatic carbocycles. The summed E-state index contributed by atoms with van der Waals surface area (Å²) in [4.78, 5) is 24.5. The van der Waals surface area contributed by atoms with E-state index in [9.17, 15) is 9.59 Å². The largest absolute Gasteiger partial charge is 0.496 e. The molecule has 1 heterocycles. The highest BCUT2D eigenvalue weighted by atomic mass is 16.5.